The van der Waals surface area contributed by atoms with Gasteiger partial charge in [-0.1, -0.05) is 0 Å². The molecular weight excluding hydrogens is 216 g/mol. The summed E-state index contributed by atoms with van der Waals surface area (Å²) in [6, 6.07) is 0.189. The van der Waals surface area contributed by atoms with Gasteiger partial charge in [0.2, 0.25) is 5.91 Å². The number of aliphatic hydroxyl groups excluding tert-OH is 1. The van der Waals surface area contributed by atoms with Gasteiger partial charge in [0.25, 0.3) is 0 Å². The van der Waals surface area contributed by atoms with Crippen LogP contribution in [0, 0.1) is 11.3 Å². The van der Waals surface area contributed by atoms with Gasteiger partial charge in [0.1, 0.15) is 0 Å². The number of amides is 1. The average Bonchev–Trinajstić information content (AvgIpc) is 3.01. The normalized spacial score (nSPS) is 27.8. The molecule has 2 fully saturated rings. The van der Waals surface area contributed by atoms with E-state index in [1.54, 1.807) is 0 Å². The molecular formula is C13H24N2O2. The Hall–Kier alpha value is -0.610. The van der Waals surface area contributed by atoms with Gasteiger partial charge in [-0.3, -0.25) is 4.79 Å². The molecule has 17 heavy (non-hydrogen) atoms. The van der Waals surface area contributed by atoms with Crippen LogP contribution in [-0.4, -0.2) is 36.8 Å². The van der Waals surface area contributed by atoms with Crippen LogP contribution in [0.4, 0.5) is 0 Å². The second-order valence-electron chi connectivity index (χ2n) is 5.64. The van der Waals surface area contributed by atoms with E-state index >= 15 is 0 Å². The van der Waals surface area contributed by atoms with Crippen LogP contribution in [0.25, 0.3) is 0 Å². The Morgan fingerprint density at radius 1 is 1.53 bits per heavy atom. The lowest BCUT2D eigenvalue weighted by Crippen LogP contribution is -2.37. The van der Waals surface area contributed by atoms with Gasteiger partial charge in [0.15, 0.2) is 0 Å². The highest BCUT2D eigenvalue weighted by Gasteiger charge is 2.57. The van der Waals surface area contributed by atoms with Crippen LogP contribution >= 0.6 is 0 Å². The third-order valence-electron chi connectivity index (χ3n) is 4.29. The fraction of sp³-hybridized carbons (Fsp3) is 0.923. The van der Waals surface area contributed by atoms with Crippen molar-refractivity contribution >= 4 is 5.91 Å². The lowest BCUT2D eigenvalue weighted by atomic mass is 9.91. The van der Waals surface area contributed by atoms with Gasteiger partial charge in [-0.05, 0) is 57.5 Å². The van der Waals surface area contributed by atoms with Crippen LogP contribution in [0.3, 0.4) is 0 Å². The Morgan fingerprint density at radius 3 is 2.88 bits per heavy atom. The van der Waals surface area contributed by atoms with E-state index in [1.165, 1.54) is 0 Å². The van der Waals surface area contributed by atoms with Crippen LogP contribution in [0.1, 0.15) is 39.0 Å². The van der Waals surface area contributed by atoms with Gasteiger partial charge in [-0.15, -0.1) is 0 Å². The maximum Gasteiger partial charge on any atom is 0.223 e. The lowest BCUT2D eigenvalue weighted by molar-refractivity contribution is -0.123. The molecule has 1 amide bonds. The van der Waals surface area contributed by atoms with Crippen molar-refractivity contribution in [3.05, 3.63) is 0 Å². The van der Waals surface area contributed by atoms with Crippen molar-refractivity contribution < 1.29 is 9.90 Å². The minimum atomic E-state index is 0.189. The lowest BCUT2D eigenvalue weighted by Gasteiger charge is -2.23. The summed E-state index contributed by atoms with van der Waals surface area (Å²) in [5.74, 6) is 0.485. The molecule has 1 heterocycles. The first-order chi connectivity index (χ1) is 8.18. The summed E-state index contributed by atoms with van der Waals surface area (Å²) in [5.41, 5.74) is 0.325. The molecule has 1 spiro atoms. The predicted octanol–water partition coefficient (Wildman–Crippen LogP) is 0.653. The monoisotopic (exact) mass is 240 g/mol. The Kier molecular flexibility index (Phi) is 4.05. The second-order valence-corrected chi connectivity index (χ2v) is 5.64. The molecule has 2 atom stereocenters. The standard InChI is InChI=1S/C13H24N2O2/c1-10(3-2-8-16)15-12(17)11-9-13(11)4-6-14-7-5-13/h10-11,14,16H,2-9H2,1H3,(H,15,17). The number of carbonyl (C=O) groups excluding carboxylic acids is 1. The van der Waals surface area contributed by atoms with Crippen molar-refractivity contribution in [1.29, 1.82) is 0 Å². The average molecular weight is 240 g/mol. The molecule has 2 rings (SSSR count). The molecule has 0 aromatic rings. The van der Waals surface area contributed by atoms with Crippen LogP contribution in [0.2, 0.25) is 0 Å². The number of piperidine rings is 1. The van der Waals surface area contributed by atoms with Gasteiger partial charge in [-0.2, -0.15) is 0 Å². The molecule has 3 N–H and O–H groups in total. The summed E-state index contributed by atoms with van der Waals surface area (Å²) in [6.45, 7) is 4.35. The van der Waals surface area contributed by atoms with E-state index in [0.29, 0.717) is 5.41 Å². The molecule has 0 radical (unpaired) electrons. The quantitative estimate of drug-likeness (QED) is 0.661. The third-order valence-corrected chi connectivity index (χ3v) is 4.29. The molecule has 1 saturated heterocycles. The number of carbonyl (C=O) groups is 1. The maximum atomic E-state index is 12.1. The summed E-state index contributed by atoms with van der Waals surface area (Å²) in [6.07, 6.45) is 5.00. The van der Waals surface area contributed by atoms with Gasteiger partial charge in [0, 0.05) is 18.6 Å². The third kappa shape index (κ3) is 2.99. The van der Waals surface area contributed by atoms with Crippen LogP contribution in [0.15, 0.2) is 0 Å². The molecule has 1 saturated carbocycles. The highest BCUT2D eigenvalue weighted by atomic mass is 16.3. The minimum Gasteiger partial charge on any atom is -0.396 e. The molecule has 4 heteroatoms. The first-order valence-corrected chi connectivity index (χ1v) is 6.80. The molecule has 0 aromatic heterocycles. The van der Waals surface area contributed by atoms with Crippen molar-refractivity contribution in [2.24, 2.45) is 11.3 Å². The zero-order chi connectivity index (χ0) is 12.3. The number of aliphatic hydroxyl groups is 1. The van der Waals surface area contributed by atoms with Crippen molar-refractivity contribution in [3.8, 4) is 0 Å². The zero-order valence-corrected chi connectivity index (χ0v) is 10.7. The van der Waals surface area contributed by atoms with Gasteiger partial charge in [-0.25, -0.2) is 0 Å². The van der Waals surface area contributed by atoms with E-state index in [9.17, 15) is 4.79 Å². The molecule has 2 unspecified atom stereocenters. The summed E-state index contributed by atoms with van der Waals surface area (Å²) in [7, 11) is 0. The number of hydrogen-bond donors (Lipinski definition) is 3. The van der Waals surface area contributed by atoms with E-state index in [0.717, 1.165) is 45.2 Å². The van der Waals surface area contributed by atoms with Crippen molar-refractivity contribution in [2.45, 2.75) is 45.1 Å². The van der Waals surface area contributed by atoms with E-state index in [4.69, 9.17) is 5.11 Å². The first kappa shape index (κ1) is 12.8. The molecule has 1 aliphatic heterocycles. The van der Waals surface area contributed by atoms with Crippen LogP contribution < -0.4 is 10.6 Å². The van der Waals surface area contributed by atoms with E-state index in [1.807, 2.05) is 6.92 Å². The van der Waals surface area contributed by atoms with Crippen LogP contribution in [0.5, 0.6) is 0 Å². The molecule has 4 nitrogen and oxygen atoms in total. The molecule has 0 aromatic carbocycles. The smallest absolute Gasteiger partial charge is 0.223 e. The molecule has 98 valence electrons. The fourth-order valence-electron chi connectivity index (χ4n) is 3.01. The highest BCUT2D eigenvalue weighted by molar-refractivity contribution is 5.82. The van der Waals surface area contributed by atoms with Crippen molar-refractivity contribution in [3.63, 3.8) is 0 Å². The Morgan fingerprint density at radius 2 is 2.24 bits per heavy atom. The SMILES string of the molecule is CC(CCCO)NC(=O)C1CC12CCNCC2. The van der Waals surface area contributed by atoms with Crippen molar-refractivity contribution in [2.75, 3.05) is 19.7 Å². The second kappa shape index (κ2) is 5.36. The fourth-order valence-corrected chi connectivity index (χ4v) is 3.01. The zero-order valence-electron chi connectivity index (χ0n) is 10.7. The van der Waals surface area contributed by atoms with Gasteiger partial charge in [0.05, 0.1) is 0 Å². The molecule has 0 bridgehead atoms. The van der Waals surface area contributed by atoms with Crippen LogP contribution in [-0.2, 0) is 4.79 Å². The minimum absolute atomic E-state index is 0.189. The number of hydrogen-bond acceptors (Lipinski definition) is 3. The topological polar surface area (TPSA) is 61.4 Å². The van der Waals surface area contributed by atoms with E-state index in [2.05, 4.69) is 10.6 Å². The van der Waals surface area contributed by atoms with E-state index in [-0.39, 0.29) is 24.5 Å². The Bertz CT molecular complexity index is 275. The summed E-state index contributed by atoms with van der Waals surface area (Å²) in [5, 5.41) is 15.2. The first-order valence-electron chi connectivity index (χ1n) is 6.80. The van der Waals surface area contributed by atoms with E-state index < -0.39 is 0 Å². The maximum absolute atomic E-state index is 12.1. The van der Waals surface area contributed by atoms with Crippen molar-refractivity contribution in [1.82, 2.24) is 10.6 Å². The Balaban J connectivity index is 1.74. The highest BCUT2D eigenvalue weighted by Crippen LogP contribution is 2.58. The Labute approximate surface area is 103 Å². The van der Waals surface area contributed by atoms with Gasteiger partial charge < -0.3 is 15.7 Å². The predicted molar refractivity (Wildman–Crippen MR) is 66.6 cm³/mol. The number of nitrogens with one attached hydrogen (secondary N) is 2. The van der Waals surface area contributed by atoms with Gasteiger partial charge >= 0.3 is 0 Å². The molecule has 2 aliphatic rings. The molecule has 1 aliphatic carbocycles. The largest absolute Gasteiger partial charge is 0.396 e. The summed E-state index contributed by atoms with van der Waals surface area (Å²) >= 11 is 0. The summed E-state index contributed by atoms with van der Waals surface area (Å²) in [4.78, 5) is 12.1. The summed E-state index contributed by atoms with van der Waals surface area (Å²) < 4.78 is 0. The number of rotatable bonds is 5.